The lowest BCUT2D eigenvalue weighted by Gasteiger charge is -2.37. The van der Waals surface area contributed by atoms with Crippen molar-refractivity contribution in [3.05, 3.63) is 18.2 Å². The van der Waals surface area contributed by atoms with Gasteiger partial charge in [-0.05, 0) is 25.0 Å². The average Bonchev–Trinajstić information content (AvgIpc) is 2.59. The van der Waals surface area contributed by atoms with Gasteiger partial charge in [-0.25, -0.2) is 8.42 Å². The number of piperazine rings is 1. The van der Waals surface area contributed by atoms with Crippen LogP contribution in [0.4, 0.5) is 0 Å². The van der Waals surface area contributed by atoms with Crippen LogP contribution in [-0.2, 0) is 14.8 Å². The van der Waals surface area contributed by atoms with E-state index in [-0.39, 0.29) is 16.7 Å². The van der Waals surface area contributed by atoms with Gasteiger partial charge in [0.25, 0.3) is 0 Å². The number of ether oxygens (including phenoxy) is 2. The van der Waals surface area contributed by atoms with Crippen LogP contribution in [-0.4, -0.2) is 63.9 Å². The normalized spacial score (nSPS) is 19.4. The molecule has 1 aliphatic carbocycles. The van der Waals surface area contributed by atoms with Crippen LogP contribution in [0.25, 0.3) is 0 Å². The second kappa shape index (κ2) is 7.21. The Morgan fingerprint density at radius 1 is 1.04 bits per heavy atom. The summed E-state index contributed by atoms with van der Waals surface area (Å²) < 4.78 is 37.5. The summed E-state index contributed by atoms with van der Waals surface area (Å²) in [5.74, 6) is 1.18. The average molecular weight is 368 g/mol. The maximum absolute atomic E-state index is 12.9. The van der Waals surface area contributed by atoms with Crippen molar-refractivity contribution in [2.45, 2.75) is 24.2 Å². The molecule has 0 atom stereocenters. The number of sulfonamides is 1. The predicted octanol–water partition coefficient (Wildman–Crippen LogP) is 1.34. The summed E-state index contributed by atoms with van der Waals surface area (Å²) in [6, 6.07) is 4.57. The minimum absolute atomic E-state index is 0.147. The molecule has 0 unspecified atom stereocenters. The first-order valence-corrected chi connectivity index (χ1v) is 9.92. The van der Waals surface area contributed by atoms with E-state index in [0.717, 1.165) is 19.3 Å². The van der Waals surface area contributed by atoms with Crippen molar-refractivity contribution < 1.29 is 22.7 Å². The molecule has 3 rings (SSSR count). The lowest BCUT2D eigenvalue weighted by atomic mass is 9.84. The minimum atomic E-state index is -3.62. The number of amides is 1. The van der Waals surface area contributed by atoms with E-state index >= 15 is 0 Å². The van der Waals surface area contributed by atoms with Crippen LogP contribution in [0.2, 0.25) is 0 Å². The zero-order valence-electron chi connectivity index (χ0n) is 14.6. The summed E-state index contributed by atoms with van der Waals surface area (Å²) in [6.07, 6.45) is 3.04. The second-order valence-corrected chi connectivity index (χ2v) is 8.31. The van der Waals surface area contributed by atoms with Crippen molar-refractivity contribution >= 4 is 15.9 Å². The molecule has 8 heteroatoms. The Morgan fingerprint density at radius 2 is 1.68 bits per heavy atom. The molecule has 1 aromatic rings. The van der Waals surface area contributed by atoms with E-state index < -0.39 is 10.0 Å². The summed E-state index contributed by atoms with van der Waals surface area (Å²) >= 11 is 0. The molecule has 7 nitrogen and oxygen atoms in total. The molecule has 1 aliphatic heterocycles. The van der Waals surface area contributed by atoms with Crippen LogP contribution in [0.1, 0.15) is 19.3 Å². The molecule has 1 amide bonds. The van der Waals surface area contributed by atoms with E-state index in [1.54, 1.807) is 11.0 Å². The van der Waals surface area contributed by atoms with Gasteiger partial charge in [0.2, 0.25) is 15.9 Å². The van der Waals surface area contributed by atoms with Gasteiger partial charge in [0, 0.05) is 38.2 Å². The van der Waals surface area contributed by atoms with Crippen LogP contribution in [0.3, 0.4) is 0 Å². The van der Waals surface area contributed by atoms with E-state index in [1.165, 1.54) is 30.7 Å². The molecule has 1 saturated carbocycles. The van der Waals surface area contributed by atoms with Crippen LogP contribution in [0, 0.1) is 5.92 Å². The van der Waals surface area contributed by atoms with E-state index in [0.29, 0.717) is 37.7 Å². The Morgan fingerprint density at radius 3 is 2.20 bits per heavy atom. The summed E-state index contributed by atoms with van der Waals surface area (Å²) in [6.45, 7) is 1.52. The highest BCUT2D eigenvalue weighted by atomic mass is 32.2. The number of hydrogen-bond acceptors (Lipinski definition) is 5. The Labute approximate surface area is 148 Å². The largest absolute Gasteiger partial charge is 0.493 e. The quantitative estimate of drug-likeness (QED) is 0.784. The van der Waals surface area contributed by atoms with Crippen molar-refractivity contribution in [2.75, 3.05) is 40.4 Å². The standard InChI is InChI=1S/C17H24N2O5S/c1-23-15-7-6-14(12-16(15)24-2)25(21,22)19-10-8-18(9-11-19)17(20)13-4-3-5-13/h6-7,12-13H,3-5,8-11H2,1-2H3. The molecule has 1 aromatic carbocycles. The summed E-state index contributed by atoms with van der Waals surface area (Å²) in [5.41, 5.74) is 0. The van der Waals surface area contributed by atoms with Gasteiger partial charge in [-0.3, -0.25) is 4.79 Å². The molecule has 138 valence electrons. The van der Waals surface area contributed by atoms with E-state index in [9.17, 15) is 13.2 Å². The number of methoxy groups -OCH3 is 2. The molecule has 1 heterocycles. The first-order valence-electron chi connectivity index (χ1n) is 8.48. The smallest absolute Gasteiger partial charge is 0.243 e. The van der Waals surface area contributed by atoms with E-state index in [4.69, 9.17) is 9.47 Å². The first kappa shape index (κ1) is 18.0. The highest BCUT2D eigenvalue weighted by molar-refractivity contribution is 7.89. The van der Waals surface area contributed by atoms with Gasteiger partial charge in [0.05, 0.1) is 19.1 Å². The second-order valence-electron chi connectivity index (χ2n) is 6.37. The lowest BCUT2D eigenvalue weighted by molar-refractivity contribution is -0.139. The third-order valence-corrected chi connectivity index (χ3v) is 6.89. The van der Waals surface area contributed by atoms with Gasteiger partial charge in [0.15, 0.2) is 11.5 Å². The summed E-state index contributed by atoms with van der Waals surface area (Å²) in [7, 11) is -0.645. The number of carbonyl (C=O) groups is 1. The van der Waals surface area contributed by atoms with Crippen molar-refractivity contribution in [3.63, 3.8) is 0 Å². The molecule has 2 fully saturated rings. The molecule has 2 aliphatic rings. The van der Waals surface area contributed by atoms with Crippen molar-refractivity contribution in [2.24, 2.45) is 5.92 Å². The fourth-order valence-corrected chi connectivity index (χ4v) is 4.63. The maximum atomic E-state index is 12.9. The Bertz CT molecular complexity index is 737. The van der Waals surface area contributed by atoms with Gasteiger partial charge in [-0.15, -0.1) is 0 Å². The summed E-state index contributed by atoms with van der Waals surface area (Å²) in [4.78, 5) is 14.3. The molecule has 0 radical (unpaired) electrons. The highest BCUT2D eigenvalue weighted by Crippen LogP contribution is 2.32. The van der Waals surface area contributed by atoms with Crippen LogP contribution in [0.15, 0.2) is 23.1 Å². The molecule has 0 aromatic heterocycles. The maximum Gasteiger partial charge on any atom is 0.243 e. The molecule has 25 heavy (non-hydrogen) atoms. The molecule has 0 bridgehead atoms. The Hall–Kier alpha value is -1.80. The topological polar surface area (TPSA) is 76.2 Å². The van der Waals surface area contributed by atoms with Crippen molar-refractivity contribution in [1.29, 1.82) is 0 Å². The summed E-state index contributed by atoms with van der Waals surface area (Å²) in [5, 5.41) is 0. The third kappa shape index (κ3) is 3.46. The predicted molar refractivity (Wildman–Crippen MR) is 92.2 cm³/mol. The van der Waals surface area contributed by atoms with Crippen LogP contribution < -0.4 is 9.47 Å². The number of rotatable bonds is 5. The van der Waals surface area contributed by atoms with Gasteiger partial charge >= 0.3 is 0 Å². The lowest BCUT2D eigenvalue weighted by Crippen LogP contribution is -2.52. The van der Waals surface area contributed by atoms with Gasteiger partial charge < -0.3 is 14.4 Å². The van der Waals surface area contributed by atoms with E-state index in [1.807, 2.05) is 0 Å². The number of hydrogen-bond donors (Lipinski definition) is 0. The molecule has 0 N–H and O–H groups in total. The minimum Gasteiger partial charge on any atom is -0.493 e. The molecular formula is C17H24N2O5S. The van der Waals surface area contributed by atoms with Gasteiger partial charge in [-0.1, -0.05) is 6.42 Å². The Balaban J connectivity index is 1.70. The van der Waals surface area contributed by atoms with E-state index in [2.05, 4.69) is 0 Å². The molecule has 0 spiro atoms. The first-order chi connectivity index (χ1) is 12.0. The molecule has 1 saturated heterocycles. The van der Waals surface area contributed by atoms with Gasteiger partial charge in [-0.2, -0.15) is 4.31 Å². The zero-order chi connectivity index (χ0) is 18.0. The highest BCUT2D eigenvalue weighted by Gasteiger charge is 2.34. The Kier molecular flexibility index (Phi) is 5.19. The van der Waals surface area contributed by atoms with Crippen LogP contribution in [0.5, 0.6) is 11.5 Å². The number of nitrogens with zero attached hydrogens (tertiary/aromatic N) is 2. The molecular weight excluding hydrogens is 344 g/mol. The van der Waals surface area contributed by atoms with Gasteiger partial charge in [0.1, 0.15) is 0 Å². The third-order valence-electron chi connectivity index (χ3n) is 5.00. The SMILES string of the molecule is COc1ccc(S(=O)(=O)N2CCN(C(=O)C3CCC3)CC2)cc1OC. The van der Waals surface area contributed by atoms with Crippen LogP contribution >= 0.6 is 0 Å². The zero-order valence-corrected chi connectivity index (χ0v) is 15.4. The monoisotopic (exact) mass is 368 g/mol. The number of benzene rings is 1. The van der Waals surface area contributed by atoms with Crippen molar-refractivity contribution in [3.8, 4) is 11.5 Å². The fourth-order valence-electron chi connectivity index (χ4n) is 3.19. The fraction of sp³-hybridized carbons (Fsp3) is 0.588. The number of carbonyl (C=O) groups excluding carboxylic acids is 1. The van der Waals surface area contributed by atoms with Crippen molar-refractivity contribution in [1.82, 2.24) is 9.21 Å².